The first-order valence-electron chi connectivity index (χ1n) is 10.9. The molecule has 0 amide bonds. The number of nitrogens with zero attached hydrogens (tertiary/aromatic N) is 3. The van der Waals surface area contributed by atoms with Crippen molar-refractivity contribution in [3.8, 4) is 5.75 Å². The molecule has 0 bridgehead atoms. The van der Waals surface area contributed by atoms with E-state index < -0.39 is 23.5 Å². The number of aliphatic hydroxyl groups is 2. The molecule has 2 aromatic rings. The second-order valence-electron chi connectivity index (χ2n) is 8.08. The van der Waals surface area contributed by atoms with Gasteiger partial charge in [0.05, 0.1) is 12.2 Å². The average molecular weight is 494 g/mol. The molecule has 12 heteroatoms. The third-order valence-electron chi connectivity index (χ3n) is 5.83. The molecule has 5 N–H and O–H groups in total. The molecule has 12 nitrogen and oxygen atoms in total. The SMILES string of the molecule is CCOC(=O)c1c(C)n(C)c2ccc(O)c(CN3CCN(C)CC3)c12.O=C(O)/C(O)=C(\O)C(=O)O. The summed E-state index contributed by atoms with van der Waals surface area (Å²) in [6.45, 7) is 8.61. The van der Waals surface area contributed by atoms with Crippen molar-refractivity contribution >= 4 is 28.8 Å². The van der Waals surface area contributed by atoms with Gasteiger partial charge in [0.2, 0.25) is 0 Å². The fourth-order valence-electron chi connectivity index (χ4n) is 3.76. The van der Waals surface area contributed by atoms with Crippen LogP contribution in [0.4, 0.5) is 0 Å². The number of rotatable bonds is 6. The molecule has 2 heterocycles. The normalized spacial score (nSPS) is 15.2. The van der Waals surface area contributed by atoms with Crippen LogP contribution in [0.3, 0.4) is 0 Å². The van der Waals surface area contributed by atoms with Gasteiger partial charge >= 0.3 is 17.9 Å². The van der Waals surface area contributed by atoms with E-state index in [0.717, 1.165) is 48.3 Å². The molecule has 0 spiro atoms. The third-order valence-corrected chi connectivity index (χ3v) is 5.83. The van der Waals surface area contributed by atoms with Crippen molar-refractivity contribution in [2.75, 3.05) is 39.8 Å². The highest BCUT2D eigenvalue weighted by Gasteiger charge is 2.25. The number of piperazine rings is 1. The third kappa shape index (κ3) is 6.22. The number of hydrogen-bond donors (Lipinski definition) is 5. The van der Waals surface area contributed by atoms with Crippen LogP contribution in [0.1, 0.15) is 28.5 Å². The maximum Gasteiger partial charge on any atom is 0.375 e. The van der Waals surface area contributed by atoms with Crippen LogP contribution in [-0.2, 0) is 27.9 Å². The second-order valence-corrected chi connectivity index (χ2v) is 8.08. The van der Waals surface area contributed by atoms with Gasteiger partial charge in [-0.15, -0.1) is 0 Å². The molecule has 1 aliphatic heterocycles. The Morgan fingerprint density at radius 3 is 1.97 bits per heavy atom. The maximum atomic E-state index is 12.6. The van der Waals surface area contributed by atoms with Crippen molar-refractivity contribution in [2.45, 2.75) is 20.4 Å². The molecule has 1 aromatic heterocycles. The zero-order chi connectivity index (χ0) is 26.4. The smallest absolute Gasteiger partial charge is 0.375 e. The predicted octanol–water partition coefficient (Wildman–Crippen LogP) is 1.60. The van der Waals surface area contributed by atoms with Crippen LogP contribution in [0.25, 0.3) is 10.9 Å². The highest BCUT2D eigenvalue weighted by atomic mass is 16.5. The molecule has 192 valence electrons. The predicted molar refractivity (Wildman–Crippen MR) is 126 cm³/mol. The number of aromatic nitrogens is 1. The van der Waals surface area contributed by atoms with Crippen molar-refractivity contribution < 1.29 is 44.7 Å². The van der Waals surface area contributed by atoms with Crippen molar-refractivity contribution in [1.29, 1.82) is 0 Å². The number of carboxylic acid groups (broad SMARTS) is 2. The number of carbonyl (C=O) groups is 3. The Morgan fingerprint density at radius 2 is 1.49 bits per heavy atom. The Labute approximate surface area is 201 Å². The van der Waals surface area contributed by atoms with E-state index in [1.54, 1.807) is 13.0 Å². The Hall–Kier alpha value is -3.77. The number of ether oxygens (including phenoxy) is 1. The molecule has 0 aliphatic carbocycles. The number of benzene rings is 1. The monoisotopic (exact) mass is 493 g/mol. The summed E-state index contributed by atoms with van der Waals surface area (Å²) in [5.74, 6) is -7.02. The van der Waals surface area contributed by atoms with Gasteiger partial charge < -0.3 is 39.7 Å². The molecule has 1 saturated heterocycles. The van der Waals surface area contributed by atoms with Gasteiger partial charge in [0.25, 0.3) is 11.5 Å². The molecule has 1 aliphatic rings. The van der Waals surface area contributed by atoms with Crippen LogP contribution in [-0.4, -0.2) is 97.6 Å². The van der Waals surface area contributed by atoms with Crippen LogP contribution in [0, 0.1) is 6.92 Å². The second kappa shape index (κ2) is 11.6. The van der Waals surface area contributed by atoms with Gasteiger partial charge in [0.1, 0.15) is 5.75 Å². The number of likely N-dealkylation sites (N-methyl/N-ethyl adjacent to an activating group) is 1. The number of carboxylic acids is 2. The largest absolute Gasteiger partial charge is 0.508 e. The first-order valence-corrected chi connectivity index (χ1v) is 10.9. The van der Waals surface area contributed by atoms with E-state index >= 15 is 0 Å². The lowest BCUT2D eigenvalue weighted by atomic mass is 10.0. The Morgan fingerprint density at radius 1 is 0.943 bits per heavy atom. The standard InChI is InChI=1S/C19H27N3O3.C4H4O6/c1-5-25-19(24)17-13(2)21(4)15-6-7-16(23)14(18(15)17)12-22-10-8-20(3)9-11-22;5-1(3(7)8)2(6)4(9)10/h6-7,23H,5,8-12H2,1-4H3;5-6H,(H,7,8)(H,9,10)/b;2-1+. The minimum atomic E-state index is -1.89. The van der Waals surface area contributed by atoms with Crippen molar-refractivity contribution in [2.24, 2.45) is 7.05 Å². The number of phenolic OH excluding ortho intramolecular Hbond substituents is 1. The van der Waals surface area contributed by atoms with Gasteiger partial charge in [-0.05, 0) is 33.0 Å². The first-order chi connectivity index (χ1) is 16.4. The zero-order valence-electron chi connectivity index (χ0n) is 20.1. The van der Waals surface area contributed by atoms with Crippen LogP contribution in [0.15, 0.2) is 23.7 Å². The van der Waals surface area contributed by atoms with Crippen LogP contribution in [0.2, 0.25) is 0 Å². The van der Waals surface area contributed by atoms with Crippen LogP contribution >= 0.6 is 0 Å². The number of carbonyl (C=O) groups excluding carboxylic acids is 1. The van der Waals surface area contributed by atoms with E-state index in [9.17, 15) is 19.5 Å². The lowest BCUT2D eigenvalue weighted by Crippen LogP contribution is -2.43. The molecular weight excluding hydrogens is 462 g/mol. The molecule has 0 saturated carbocycles. The van der Waals surface area contributed by atoms with E-state index in [1.807, 2.05) is 24.6 Å². The van der Waals surface area contributed by atoms with Gasteiger partial charge in [-0.1, -0.05) is 0 Å². The minimum Gasteiger partial charge on any atom is -0.508 e. The van der Waals surface area contributed by atoms with Crippen LogP contribution in [0.5, 0.6) is 5.75 Å². The number of aliphatic carboxylic acids is 2. The van der Waals surface area contributed by atoms with E-state index in [-0.39, 0.29) is 11.7 Å². The topological polar surface area (TPSA) is 173 Å². The molecular formula is C23H31N3O9. The lowest BCUT2D eigenvalue weighted by Gasteiger charge is -2.32. The van der Waals surface area contributed by atoms with E-state index in [1.165, 1.54) is 0 Å². The number of aliphatic hydroxyl groups excluding tert-OH is 2. The number of aromatic hydroxyl groups is 1. The van der Waals surface area contributed by atoms with Gasteiger partial charge in [-0.25, -0.2) is 14.4 Å². The number of esters is 1. The molecule has 35 heavy (non-hydrogen) atoms. The number of hydrogen-bond acceptors (Lipinski definition) is 9. The average Bonchev–Trinajstić information content (AvgIpc) is 3.06. The molecule has 0 radical (unpaired) electrons. The summed E-state index contributed by atoms with van der Waals surface area (Å²) in [4.78, 5) is 36.6. The van der Waals surface area contributed by atoms with Gasteiger partial charge in [-0.2, -0.15) is 0 Å². The summed E-state index contributed by atoms with van der Waals surface area (Å²) in [6.07, 6.45) is 0. The van der Waals surface area contributed by atoms with Gasteiger partial charge in [0.15, 0.2) is 0 Å². The minimum absolute atomic E-state index is 0.238. The molecule has 0 atom stereocenters. The highest BCUT2D eigenvalue weighted by molar-refractivity contribution is 6.08. The number of aryl methyl sites for hydroxylation is 1. The molecule has 1 fully saturated rings. The van der Waals surface area contributed by atoms with Crippen LogP contribution < -0.4 is 0 Å². The van der Waals surface area contributed by atoms with E-state index in [2.05, 4.69) is 16.8 Å². The Bertz CT molecular complexity index is 1120. The summed E-state index contributed by atoms with van der Waals surface area (Å²) in [5.41, 5.74) is 3.19. The first kappa shape index (κ1) is 27.5. The molecule has 1 aromatic carbocycles. The quantitative estimate of drug-likeness (QED) is 0.225. The van der Waals surface area contributed by atoms with Gasteiger partial charge in [-0.3, -0.25) is 4.90 Å². The Kier molecular flexibility index (Phi) is 9.09. The van der Waals surface area contributed by atoms with E-state index in [4.69, 9.17) is 25.2 Å². The number of phenols is 1. The fraction of sp³-hybridized carbons (Fsp3) is 0.435. The number of fused-ring (bicyclic) bond motifs is 1. The summed E-state index contributed by atoms with van der Waals surface area (Å²) >= 11 is 0. The Balaban J connectivity index is 0.000000367. The zero-order valence-corrected chi connectivity index (χ0v) is 20.1. The molecule has 3 rings (SSSR count). The summed E-state index contributed by atoms with van der Waals surface area (Å²) in [6, 6.07) is 3.59. The summed E-state index contributed by atoms with van der Waals surface area (Å²) in [5, 5.41) is 43.5. The van der Waals surface area contributed by atoms with Crippen molar-refractivity contribution in [3.05, 3.63) is 40.5 Å². The summed E-state index contributed by atoms with van der Waals surface area (Å²) in [7, 11) is 4.06. The van der Waals surface area contributed by atoms with Crippen molar-refractivity contribution in [1.82, 2.24) is 14.4 Å². The molecule has 0 unspecified atom stereocenters. The highest BCUT2D eigenvalue weighted by Crippen LogP contribution is 2.34. The summed E-state index contributed by atoms with van der Waals surface area (Å²) < 4.78 is 7.27. The van der Waals surface area contributed by atoms with E-state index in [0.29, 0.717) is 18.7 Å². The lowest BCUT2D eigenvalue weighted by molar-refractivity contribution is -0.140. The maximum absolute atomic E-state index is 12.6. The fourth-order valence-corrected chi connectivity index (χ4v) is 3.76. The van der Waals surface area contributed by atoms with Gasteiger partial charge in [0, 0.05) is 61.9 Å². The van der Waals surface area contributed by atoms with Crippen molar-refractivity contribution in [3.63, 3.8) is 0 Å².